The number of carbonyl (C=O) groups excluding carboxylic acids is 3. The summed E-state index contributed by atoms with van der Waals surface area (Å²) in [6.07, 6.45) is 2.46. The molecule has 0 spiro atoms. The first-order chi connectivity index (χ1) is 16.3. The first kappa shape index (κ1) is 26.2. The number of nitrogens with one attached hydrogen (secondary N) is 2. The van der Waals surface area contributed by atoms with Gasteiger partial charge in [-0.3, -0.25) is 14.4 Å². The third kappa shape index (κ3) is 7.80. The number of hydrogen-bond acceptors (Lipinski definition) is 6. The van der Waals surface area contributed by atoms with Crippen molar-refractivity contribution >= 4 is 46.3 Å². The van der Waals surface area contributed by atoms with Crippen LogP contribution in [0.4, 0.5) is 5.69 Å². The fraction of sp³-hybridized carbons (Fsp3) is 0.458. The summed E-state index contributed by atoms with van der Waals surface area (Å²) in [5, 5.41) is 5.79. The summed E-state index contributed by atoms with van der Waals surface area (Å²) in [6, 6.07) is 9.93. The normalized spacial score (nSPS) is 14.8. The van der Waals surface area contributed by atoms with E-state index in [9.17, 15) is 14.4 Å². The number of thiophene rings is 1. The van der Waals surface area contributed by atoms with Crippen molar-refractivity contribution in [2.24, 2.45) is 0 Å². The predicted octanol–water partition coefficient (Wildman–Crippen LogP) is 3.03. The molecule has 10 heteroatoms. The Kier molecular flexibility index (Phi) is 9.88. The quantitative estimate of drug-likeness (QED) is 0.457. The van der Waals surface area contributed by atoms with Gasteiger partial charge in [0.15, 0.2) is 0 Å². The van der Waals surface area contributed by atoms with Gasteiger partial charge in [-0.2, -0.15) is 0 Å². The molecule has 184 valence electrons. The van der Waals surface area contributed by atoms with Crippen LogP contribution >= 0.6 is 22.9 Å². The average Bonchev–Trinajstić information content (AvgIpc) is 3.26. The molecule has 2 heterocycles. The maximum Gasteiger partial charge on any atom is 0.261 e. The molecule has 1 aliphatic rings. The van der Waals surface area contributed by atoms with E-state index in [0.717, 1.165) is 25.1 Å². The molecule has 0 aliphatic carbocycles. The Morgan fingerprint density at radius 1 is 1.15 bits per heavy atom. The van der Waals surface area contributed by atoms with Gasteiger partial charge < -0.3 is 25.2 Å². The molecular weight excluding hydrogens is 476 g/mol. The van der Waals surface area contributed by atoms with Crippen LogP contribution in [0.25, 0.3) is 0 Å². The highest BCUT2D eigenvalue weighted by atomic mass is 35.5. The Morgan fingerprint density at radius 3 is 2.56 bits per heavy atom. The van der Waals surface area contributed by atoms with Crippen molar-refractivity contribution in [3.05, 3.63) is 51.2 Å². The molecule has 3 rings (SSSR count). The smallest absolute Gasteiger partial charge is 0.261 e. The van der Waals surface area contributed by atoms with E-state index in [0.29, 0.717) is 34.3 Å². The molecule has 2 N–H and O–H groups in total. The number of nitrogens with zero attached hydrogens (tertiary/aromatic N) is 2. The lowest BCUT2D eigenvalue weighted by Crippen LogP contribution is -2.46. The van der Waals surface area contributed by atoms with Crippen molar-refractivity contribution in [3.63, 3.8) is 0 Å². The average molecular weight is 507 g/mol. The van der Waals surface area contributed by atoms with E-state index < -0.39 is 6.04 Å². The topological polar surface area (TPSA) is 91.0 Å². The number of anilines is 1. The number of halogens is 1. The number of amides is 3. The van der Waals surface area contributed by atoms with Gasteiger partial charge in [-0.05, 0) is 63.3 Å². The zero-order valence-corrected chi connectivity index (χ0v) is 21.1. The van der Waals surface area contributed by atoms with Gasteiger partial charge in [0.2, 0.25) is 5.91 Å². The van der Waals surface area contributed by atoms with E-state index in [2.05, 4.69) is 10.6 Å². The molecule has 0 saturated carbocycles. The van der Waals surface area contributed by atoms with Gasteiger partial charge >= 0.3 is 0 Å². The van der Waals surface area contributed by atoms with Crippen LogP contribution in [-0.4, -0.2) is 75.6 Å². The van der Waals surface area contributed by atoms with Crippen LogP contribution in [0.5, 0.6) is 0 Å². The second-order valence-corrected chi connectivity index (χ2v) is 10.1. The first-order valence-corrected chi connectivity index (χ1v) is 12.5. The minimum absolute atomic E-state index is 0.114. The minimum Gasteiger partial charge on any atom is -0.378 e. The van der Waals surface area contributed by atoms with E-state index in [1.807, 2.05) is 19.0 Å². The molecule has 1 aromatic carbocycles. The van der Waals surface area contributed by atoms with Gasteiger partial charge in [-0.1, -0.05) is 11.6 Å². The molecule has 0 radical (unpaired) electrons. The Morgan fingerprint density at radius 2 is 1.91 bits per heavy atom. The van der Waals surface area contributed by atoms with Crippen molar-refractivity contribution in [2.45, 2.75) is 25.3 Å². The van der Waals surface area contributed by atoms with Crippen molar-refractivity contribution in [3.8, 4) is 0 Å². The van der Waals surface area contributed by atoms with Crippen LogP contribution in [0, 0.1) is 0 Å². The van der Waals surface area contributed by atoms with Crippen LogP contribution in [-0.2, 0) is 9.53 Å². The molecule has 1 fully saturated rings. The van der Waals surface area contributed by atoms with E-state index in [4.69, 9.17) is 16.3 Å². The number of ether oxygens (including phenoxy) is 1. The second kappa shape index (κ2) is 12.9. The van der Waals surface area contributed by atoms with Crippen LogP contribution in [0.1, 0.15) is 39.3 Å². The van der Waals surface area contributed by atoms with Crippen LogP contribution in [0.15, 0.2) is 36.4 Å². The second-order valence-electron chi connectivity index (χ2n) is 8.41. The van der Waals surface area contributed by atoms with Crippen molar-refractivity contribution in [1.29, 1.82) is 0 Å². The molecule has 2 aromatic rings. The highest BCUT2D eigenvalue weighted by Crippen LogP contribution is 2.22. The largest absolute Gasteiger partial charge is 0.378 e. The maximum absolute atomic E-state index is 12.7. The summed E-state index contributed by atoms with van der Waals surface area (Å²) in [7, 11) is 3.91. The number of benzene rings is 1. The van der Waals surface area contributed by atoms with Gasteiger partial charge in [0, 0.05) is 37.3 Å². The number of rotatable bonds is 11. The van der Waals surface area contributed by atoms with Crippen LogP contribution in [0.3, 0.4) is 0 Å². The Bertz CT molecular complexity index is 980. The zero-order valence-electron chi connectivity index (χ0n) is 19.5. The third-order valence-electron chi connectivity index (χ3n) is 5.41. The standard InChI is InChI=1S/C24H31ClN4O4S/c1-28(2)13-14-33-16-18(27-24(32)20-10-11-21(25)34-20)15-26-23(31)17-6-8-19(9-7-17)29-12-4-3-5-22(29)30/h6-11,18H,3-5,12-16H2,1-2H3,(H,26,31)(H,27,32). The van der Waals surface area contributed by atoms with Crippen molar-refractivity contribution in [2.75, 3.05) is 51.8 Å². The highest BCUT2D eigenvalue weighted by molar-refractivity contribution is 7.18. The first-order valence-electron chi connectivity index (χ1n) is 11.3. The summed E-state index contributed by atoms with van der Waals surface area (Å²) in [5.41, 5.74) is 1.28. The third-order valence-corrected chi connectivity index (χ3v) is 6.64. The molecule has 0 bridgehead atoms. The Hall–Kier alpha value is -2.46. The number of carbonyl (C=O) groups is 3. The summed E-state index contributed by atoms with van der Waals surface area (Å²) >= 11 is 7.14. The fourth-order valence-corrected chi connectivity index (χ4v) is 4.45. The number of likely N-dealkylation sites (N-methyl/N-ethyl adjacent to an activating group) is 1. The highest BCUT2D eigenvalue weighted by Gasteiger charge is 2.20. The van der Waals surface area contributed by atoms with E-state index >= 15 is 0 Å². The SMILES string of the molecule is CN(C)CCOCC(CNC(=O)c1ccc(N2CCCCC2=O)cc1)NC(=O)c1ccc(Cl)s1. The Balaban J connectivity index is 1.57. The van der Waals surface area contributed by atoms with Crippen molar-refractivity contribution in [1.82, 2.24) is 15.5 Å². The van der Waals surface area contributed by atoms with Gasteiger partial charge in [0.1, 0.15) is 0 Å². The number of hydrogen-bond donors (Lipinski definition) is 2. The molecule has 1 saturated heterocycles. The lowest BCUT2D eigenvalue weighted by Gasteiger charge is -2.26. The van der Waals surface area contributed by atoms with Gasteiger partial charge in [-0.15, -0.1) is 11.3 Å². The predicted molar refractivity (Wildman–Crippen MR) is 135 cm³/mol. The zero-order chi connectivity index (χ0) is 24.5. The molecule has 8 nitrogen and oxygen atoms in total. The van der Waals surface area contributed by atoms with Gasteiger partial charge in [0.25, 0.3) is 11.8 Å². The van der Waals surface area contributed by atoms with Crippen LogP contribution in [0.2, 0.25) is 4.34 Å². The van der Waals surface area contributed by atoms with Gasteiger partial charge in [0.05, 0.1) is 28.5 Å². The molecule has 1 atom stereocenters. The lowest BCUT2D eigenvalue weighted by atomic mass is 10.1. The molecule has 1 aromatic heterocycles. The van der Waals surface area contributed by atoms with E-state index in [1.54, 1.807) is 41.3 Å². The summed E-state index contributed by atoms with van der Waals surface area (Å²) in [6.45, 7) is 2.43. The summed E-state index contributed by atoms with van der Waals surface area (Å²) in [5.74, 6) is -0.408. The number of piperidine rings is 1. The summed E-state index contributed by atoms with van der Waals surface area (Å²) < 4.78 is 6.25. The lowest BCUT2D eigenvalue weighted by molar-refractivity contribution is -0.119. The van der Waals surface area contributed by atoms with E-state index in [1.165, 1.54) is 11.3 Å². The fourth-order valence-electron chi connectivity index (χ4n) is 3.51. The molecular formula is C24H31ClN4O4S. The molecule has 1 aliphatic heterocycles. The summed E-state index contributed by atoms with van der Waals surface area (Å²) in [4.78, 5) is 41.7. The minimum atomic E-state index is -0.412. The molecule has 34 heavy (non-hydrogen) atoms. The monoisotopic (exact) mass is 506 g/mol. The van der Waals surface area contributed by atoms with Gasteiger partial charge in [-0.25, -0.2) is 0 Å². The van der Waals surface area contributed by atoms with Crippen molar-refractivity contribution < 1.29 is 19.1 Å². The Labute approximate surface area is 209 Å². The maximum atomic E-state index is 12.7. The van der Waals surface area contributed by atoms with E-state index in [-0.39, 0.29) is 30.9 Å². The molecule has 1 unspecified atom stereocenters. The van der Waals surface area contributed by atoms with Crippen LogP contribution < -0.4 is 15.5 Å². The molecule has 3 amide bonds.